The Morgan fingerprint density at radius 3 is 2.26 bits per heavy atom. The number of carbonyl (C=O) groups is 3. The number of piperazine rings is 1. The van der Waals surface area contributed by atoms with Crippen molar-refractivity contribution >= 4 is 17.8 Å². The highest BCUT2D eigenvalue weighted by atomic mass is 16.4. The normalized spacial score (nSPS) is 16.2. The molecule has 0 atom stereocenters. The molecule has 1 aliphatic rings. The van der Waals surface area contributed by atoms with E-state index >= 15 is 0 Å². The molecule has 0 aromatic heterocycles. The highest BCUT2D eigenvalue weighted by molar-refractivity contribution is 5.81. The molecule has 7 heteroatoms. The average Bonchev–Trinajstić information content (AvgIpc) is 2.37. The van der Waals surface area contributed by atoms with Crippen molar-refractivity contribution in [1.82, 2.24) is 15.1 Å². The van der Waals surface area contributed by atoms with E-state index in [0.29, 0.717) is 39.3 Å². The Balaban J connectivity index is 2.26. The SMILES string of the molecule is CCNC(=O)CN1CCN(C(=O)CCC(=O)O)CC1. The second kappa shape index (κ2) is 7.73. The molecule has 2 N–H and O–H groups in total. The molecule has 1 saturated heterocycles. The zero-order valence-electron chi connectivity index (χ0n) is 11.2. The number of nitrogens with zero attached hydrogens (tertiary/aromatic N) is 2. The fraction of sp³-hybridized carbons (Fsp3) is 0.750. The second-order valence-electron chi connectivity index (χ2n) is 4.50. The number of hydrogen-bond acceptors (Lipinski definition) is 4. The minimum absolute atomic E-state index is 0.00634. The number of nitrogens with one attached hydrogen (secondary N) is 1. The van der Waals surface area contributed by atoms with Gasteiger partial charge in [-0.2, -0.15) is 0 Å². The number of carboxylic acids is 1. The van der Waals surface area contributed by atoms with Gasteiger partial charge in [0.2, 0.25) is 11.8 Å². The monoisotopic (exact) mass is 271 g/mol. The molecule has 1 rings (SSSR count). The maximum atomic E-state index is 11.7. The Labute approximate surface area is 112 Å². The van der Waals surface area contributed by atoms with Crippen LogP contribution in [0, 0.1) is 0 Å². The molecule has 0 unspecified atom stereocenters. The van der Waals surface area contributed by atoms with Crippen molar-refractivity contribution in [2.45, 2.75) is 19.8 Å². The van der Waals surface area contributed by atoms with Crippen LogP contribution < -0.4 is 5.32 Å². The molecule has 1 fully saturated rings. The molecule has 0 spiro atoms. The van der Waals surface area contributed by atoms with Crippen LogP contribution in [0.3, 0.4) is 0 Å². The van der Waals surface area contributed by atoms with E-state index in [4.69, 9.17) is 5.11 Å². The summed E-state index contributed by atoms with van der Waals surface area (Å²) in [4.78, 5) is 37.2. The molecule has 0 saturated carbocycles. The van der Waals surface area contributed by atoms with Crippen molar-refractivity contribution in [1.29, 1.82) is 0 Å². The lowest BCUT2D eigenvalue weighted by Gasteiger charge is -2.34. The maximum Gasteiger partial charge on any atom is 0.303 e. The van der Waals surface area contributed by atoms with Gasteiger partial charge >= 0.3 is 5.97 Å². The van der Waals surface area contributed by atoms with Crippen LogP contribution >= 0.6 is 0 Å². The van der Waals surface area contributed by atoms with Gasteiger partial charge in [0.1, 0.15) is 0 Å². The lowest BCUT2D eigenvalue weighted by molar-refractivity contribution is -0.141. The minimum Gasteiger partial charge on any atom is -0.481 e. The van der Waals surface area contributed by atoms with Crippen LogP contribution in [0.1, 0.15) is 19.8 Å². The van der Waals surface area contributed by atoms with E-state index < -0.39 is 5.97 Å². The van der Waals surface area contributed by atoms with Gasteiger partial charge in [0, 0.05) is 39.1 Å². The third-order valence-electron chi connectivity index (χ3n) is 3.02. The van der Waals surface area contributed by atoms with E-state index in [1.54, 1.807) is 4.90 Å². The van der Waals surface area contributed by atoms with Gasteiger partial charge in [0.15, 0.2) is 0 Å². The maximum absolute atomic E-state index is 11.7. The first kappa shape index (κ1) is 15.4. The number of carboxylic acid groups (broad SMARTS) is 1. The quantitative estimate of drug-likeness (QED) is 0.655. The number of hydrogen-bond donors (Lipinski definition) is 2. The largest absolute Gasteiger partial charge is 0.481 e. The predicted octanol–water partition coefficient (Wildman–Crippen LogP) is -0.868. The molecule has 108 valence electrons. The molecular formula is C12H21N3O4. The Hall–Kier alpha value is -1.63. The summed E-state index contributed by atoms with van der Waals surface area (Å²) in [5.74, 6) is -1.09. The molecule has 1 heterocycles. The summed E-state index contributed by atoms with van der Waals surface area (Å²) < 4.78 is 0. The van der Waals surface area contributed by atoms with Gasteiger partial charge in [-0.3, -0.25) is 19.3 Å². The van der Waals surface area contributed by atoms with E-state index in [1.165, 1.54) is 0 Å². The molecule has 0 aromatic rings. The summed E-state index contributed by atoms with van der Waals surface area (Å²) in [7, 11) is 0. The van der Waals surface area contributed by atoms with Crippen molar-refractivity contribution in [3.05, 3.63) is 0 Å². The van der Waals surface area contributed by atoms with Crippen LogP contribution in [0.5, 0.6) is 0 Å². The molecule has 2 amide bonds. The number of aliphatic carboxylic acids is 1. The fourth-order valence-corrected chi connectivity index (χ4v) is 1.98. The molecule has 0 aromatic carbocycles. The highest BCUT2D eigenvalue weighted by Gasteiger charge is 2.22. The predicted molar refractivity (Wildman–Crippen MR) is 68.6 cm³/mol. The fourth-order valence-electron chi connectivity index (χ4n) is 1.98. The average molecular weight is 271 g/mol. The van der Waals surface area contributed by atoms with Crippen LogP contribution in [0.4, 0.5) is 0 Å². The summed E-state index contributed by atoms with van der Waals surface area (Å²) in [5, 5.41) is 11.3. The number of carbonyl (C=O) groups excluding carboxylic acids is 2. The smallest absolute Gasteiger partial charge is 0.303 e. The third kappa shape index (κ3) is 5.69. The summed E-state index contributed by atoms with van der Waals surface area (Å²) >= 11 is 0. The van der Waals surface area contributed by atoms with Crippen molar-refractivity contribution in [2.75, 3.05) is 39.3 Å². The van der Waals surface area contributed by atoms with Gasteiger partial charge in [-0.05, 0) is 6.92 Å². The van der Waals surface area contributed by atoms with E-state index in [-0.39, 0.29) is 24.7 Å². The van der Waals surface area contributed by atoms with Gasteiger partial charge in [0.05, 0.1) is 13.0 Å². The van der Waals surface area contributed by atoms with Crippen molar-refractivity contribution in [3.8, 4) is 0 Å². The minimum atomic E-state index is -0.955. The lowest BCUT2D eigenvalue weighted by atomic mass is 10.2. The first-order chi connectivity index (χ1) is 9.02. The molecule has 19 heavy (non-hydrogen) atoms. The first-order valence-electron chi connectivity index (χ1n) is 6.51. The Bertz CT molecular complexity index is 338. The van der Waals surface area contributed by atoms with Crippen molar-refractivity contribution in [2.24, 2.45) is 0 Å². The van der Waals surface area contributed by atoms with E-state index in [1.807, 2.05) is 11.8 Å². The van der Waals surface area contributed by atoms with Gasteiger partial charge < -0.3 is 15.3 Å². The first-order valence-corrected chi connectivity index (χ1v) is 6.51. The molecule has 7 nitrogen and oxygen atoms in total. The summed E-state index contributed by atoms with van der Waals surface area (Å²) in [6, 6.07) is 0. The second-order valence-corrected chi connectivity index (χ2v) is 4.50. The van der Waals surface area contributed by atoms with E-state index in [2.05, 4.69) is 5.32 Å². The summed E-state index contributed by atoms with van der Waals surface area (Å²) in [5.41, 5.74) is 0. The molecular weight excluding hydrogens is 250 g/mol. The number of amides is 2. The molecule has 1 aliphatic heterocycles. The van der Waals surface area contributed by atoms with Crippen molar-refractivity contribution in [3.63, 3.8) is 0 Å². The Morgan fingerprint density at radius 2 is 1.74 bits per heavy atom. The molecule has 0 bridgehead atoms. The van der Waals surface area contributed by atoms with Gasteiger partial charge in [-0.1, -0.05) is 0 Å². The zero-order valence-corrected chi connectivity index (χ0v) is 11.2. The summed E-state index contributed by atoms with van der Waals surface area (Å²) in [6.07, 6.45) is -0.0798. The Kier molecular flexibility index (Phi) is 6.27. The molecule has 0 radical (unpaired) electrons. The van der Waals surface area contributed by atoms with Crippen LogP contribution in [0.2, 0.25) is 0 Å². The van der Waals surface area contributed by atoms with Gasteiger partial charge in [-0.25, -0.2) is 0 Å². The van der Waals surface area contributed by atoms with E-state index in [9.17, 15) is 14.4 Å². The lowest BCUT2D eigenvalue weighted by Crippen LogP contribution is -2.51. The molecule has 0 aliphatic carbocycles. The van der Waals surface area contributed by atoms with Crippen molar-refractivity contribution < 1.29 is 19.5 Å². The zero-order chi connectivity index (χ0) is 14.3. The van der Waals surface area contributed by atoms with Crippen LogP contribution in [-0.4, -0.2) is 72.0 Å². The van der Waals surface area contributed by atoms with Crippen LogP contribution in [0.15, 0.2) is 0 Å². The number of likely N-dealkylation sites (N-methyl/N-ethyl adjacent to an activating group) is 1. The number of rotatable bonds is 6. The highest BCUT2D eigenvalue weighted by Crippen LogP contribution is 2.05. The van der Waals surface area contributed by atoms with Crippen LogP contribution in [0.25, 0.3) is 0 Å². The topological polar surface area (TPSA) is 90.0 Å². The standard InChI is InChI=1S/C12H21N3O4/c1-2-13-10(16)9-14-5-7-15(8-6-14)11(17)3-4-12(18)19/h2-9H2,1H3,(H,13,16)(H,18,19). The van der Waals surface area contributed by atoms with Gasteiger partial charge in [0.25, 0.3) is 0 Å². The van der Waals surface area contributed by atoms with E-state index in [0.717, 1.165) is 0 Å². The Morgan fingerprint density at radius 1 is 1.11 bits per heavy atom. The van der Waals surface area contributed by atoms with Crippen LogP contribution in [-0.2, 0) is 14.4 Å². The third-order valence-corrected chi connectivity index (χ3v) is 3.02. The summed E-state index contributed by atoms with van der Waals surface area (Å²) in [6.45, 7) is 5.25. The van der Waals surface area contributed by atoms with Gasteiger partial charge in [-0.15, -0.1) is 0 Å².